The fraction of sp³-hybridized carbons (Fsp3) is 0.600. The molecule has 1 amide bonds. The molecule has 1 aromatic heterocycles. The maximum absolute atomic E-state index is 11.2. The van der Waals surface area contributed by atoms with Crippen LogP contribution >= 0.6 is 0 Å². The molecular formula is C10H14N4O. The lowest BCUT2D eigenvalue weighted by molar-refractivity contribution is 0.100. The van der Waals surface area contributed by atoms with Crippen LogP contribution in [-0.2, 0) is 0 Å². The Morgan fingerprint density at radius 1 is 1.60 bits per heavy atom. The number of nitrogens with zero attached hydrogens (tertiary/aromatic N) is 2. The molecule has 1 aromatic rings. The van der Waals surface area contributed by atoms with Gasteiger partial charge in [0.05, 0.1) is 12.2 Å². The van der Waals surface area contributed by atoms with E-state index in [0.29, 0.717) is 17.5 Å². The third-order valence-corrected chi connectivity index (χ3v) is 3.53. The SMILES string of the molecule is NC(=O)c1cnn2c1NCC1CCCC12. The first kappa shape index (κ1) is 8.76. The molecule has 2 atom stereocenters. The summed E-state index contributed by atoms with van der Waals surface area (Å²) in [6.45, 7) is 0.941. The van der Waals surface area contributed by atoms with Crippen molar-refractivity contribution in [3.8, 4) is 0 Å². The molecule has 1 aliphatic heterocycles. The van der Waals surface area contributed by atoms with Crippen LogP contribution in [-0.4, -0.2) is 22.2 Å². The van der Waals surface area contributed by atoms with Gasteiger partial charge in [-0.25, -0.2) is 4.68 Å². The number of hydrogen-bond donors (Lipinski definition) is 2. The van der Waals surface area contributed by atoms with Crippen LogP contribution in [0.1, 0.15) is 35.7 Å². The Labute approximate surface area is 87.6 Å². The van der Waals surface area contributed by atoms with Crippen molar-refractivity contribution in [3.63, 3.8) is 0 Å². The molecule has 1 fully saturated rings. The molecule has 2 unspecified atom stereocenters. The van der Waals surface area contributed by atoms with Gasteiger partial charge >= 0.3 is 0 Å². The molecule has 0 bridgehead atoms. The lowest BCUT2D eigenvalue weighted by atomic mass is 10.0. The van der Waals surface area contributed by atoms with Crippen LogP contribution in [0.25, 0.3) is 0 Å². The zero-order valence-electron chi connectivity index (χ0n) is 8.44. The van der Waals surface area contributed by atoms with Gasteiger partial charge < -0.3 is 11.1 Å². The summed E-state index contributed by atoms with van der Waals surface area (Å²) in [5, 5.41) is 7.54. The van der Waals surface area contributed by atoms with Crippen molar-refractivity contribution in [1.29, 1.82) is 0 Å². The largest absolute Gasteiger partial charge is 0.369 e. The highest BCUT2D eigenvalue weighted by Gasteiger charge is 2.35. The van der Waals surface area contributed by atoms with Crippen LogP contribution in [0.5, 0.6) is 0 Å². The highest BCUT2D eigenvalue weighted by Crippen LogP contribution is 2.40. The maximum atomic E-state index is 11.2. The average molecular weight is 206 g/mol. The molecular weight excluding hydrogens is 192 g/mol. The number of fused-ring (bicyclic) bond motifs is 3. The highest BCUT2D eigenvalue weighted by atomic mass is 16.1. The number of nitrogens with two attached hydrogens (primary N) is 1. The van der Waals surface area contributed by atoms with Crippen LogP contribution in [0.4, 0.5) is 5.82 Å². The summed E-state index contributed by atoms with van der Waals surface area (Å²) >= 11 is 0. The van der Waals surface area contributed by atoms with E-state index >= 15 is 0 Å². The Morgan fingerprint density at radius 2 is 2.47 bits per heavy atom. The number of primary amides is 1. The van der Waals surface area contributed by atoms with E-state index in [1.807, 2.05) is 4.68 Å². The van der Waals surface area contributed by atoms with Crippen molar-refractivity contribution in [2.24, 2.45) is 11.7 Å². The predicted molar refractivity (Wildman–Crippen MR) is 55.6 cm³/mol. The van der Waals surface area contributed by atoms with Crippen LogP contribution in [0.15, 0.2) is 6.20 Å². The topological polar surface area (TPSA) is 72.9 Å². The number of carbonyl (C=O) groups excluding carboxylic acids is 1. The van der Waals surface area contributed by atoms with Crippen molar-refractivity contribution >= 4 is 11.7 Å². The standard InChI is InChI=1S/C10H14N4O/c11-9(15)7-5-13-14-8-3-1-2-6(8)4-12-10(7)14/h5-6,8,12H,1-4H2,(H2,11,15). The lowest BCUT2D eigenvalue weighted by Crippen LogP contribution is -2.30. The minimum absolute atomic E-state index is 0.403. The van der Waals surface area contributed by atoms with Gasteiger partial charge in [0, 0.05) is 6.54 Å². The quantitative estimate of drug-likeness (QED) is 0.712. The van der Waals surface area contributed by atoms with Crippen molar-refractivity contribution in [2.75, 3.05) is 11.9 Å². The summed E-state index contributed by atoms with van der Waals surface area (Å²) in [7, 11) is 0. The second-order valence-electron chi connectivity index (χ2n) is 4.35. The van der Waals surface area contributed by atoms with Gasteiger partial charge in [-0.2, -0.15) is 5.10 Å². The smallest absolute Gasteiger partial charge is 0.254 e. The van der Waals surface area contributed by atoms with Crippen molar-refractivity contribution in [3.05, 3.63) is 11.8 Å². The molecule has 0 aromatic carbocycles. The fourth-order valence-corrected chi connectivity index (χ4v) is 2.78. The third kappa shape index (κ3) is 1.15. The Morgan fingerprint density at radius 3 is 3.27 bits per heavy atom. The second kappa shape index (κ2) is 2.98. The van der Waals surface area contributed by atoms with Crippen LogP contribution in [0.3, 0.4) is 0 Å². The van der Waals surface area contributed by atoms with Gasteiger partial charge in [-0.05, 0) is 18.8 Å². The molecule has 3 N–H and O–H groups in total. The monoisotopic (exact) mass is 206 g/mol. The summed E-state index contributed by atoms with van der Waals surface area (Å²) in [4.78, 5) is 11.2. The molecule has 5 nitrogen and oxygen atoms in total. The van der Waals surface area contributed by atoms with E-state index in [9.17, 15) is 4.79 Å². The minimum atomic E-state index is -0.403. The molecule has 1 aliphatic carbocycles. The van der Waals surface area contributed by atoms with Crippen molar-refractivity contribution in [2.45, 2.75) is 25.3 Å². The summed E-state index contributed by atoms with van der Waals surface area (Å²) in [6, 6.07) is 0.467. The number of hydrogen-bond acceptors (Lipinski definition) is 3. The van der Waals surface area contributed by atoms with E-state index < -0.39 is 5.91 Å². The molecule has 15 heavy (non-hydrogen) atoms. The van der Waals surface area contributed by atoms with E-state index in [0.717, 1.165) is 12.4 Å². The molecule has 2 heterocycles. The summed E-state index contributed by atoms with van der Waals surface area (Å²) in [5.74, 6) is 1.07. The van der Waals surface area contributed by atoms with Gasteiger partial charge in [-0.3, -0.25) is 4.79 Å². The number of rotatable bonds is 1. The number of anilines is 1. The Hall–Kier alpha value is -1.52. The molecule has 0 saturated heterocycles. The van der Waals surface area contributed by atoms with E-state index in [1.54, 1.807) is 6.20 Å². The molecule has 1 saturated carbocycles. The zero-order chi connectivity index (χ0) is 10.4. The first-order valence-electron chi connectivity index (χ1n) is 5.38. The van der Waals surface area contributed by atoms with Crippen LogP contribution < -0.4 is 11.1 Å². The normalized spacial score (nSPS) is 28.0. The second-order valence-corrected chi connectivity index (χ2v) is 4.35. The van der Waals surface area contributed by atoms with Gasteiger partial charge in [0.25, 0.3) is 5.91 Å². The Bertz CT molecular complexity index is 412. The zero-order valence-corrected chi connectivity index (χ0v) is 8.44. The fourth-order valence-electron chi connectivity index (χ4n) is 2.78. The van der Waals surface area contributed by atoms with E-state index in [2.05, 4.69) is 10.4 Å². The van der Waals surface area contributed by atoms with E-state index in [-0.39, 0.29) is 0 Å². The van der Waals surface area contributed by atoms with Crippen LogP contribution in [0, 0.1) is 5.92 Å². The molecule has 0 radical (unpaired) electrons. The predicted octanol–water partition coefficient (Wildman–Crippen LogP) is 0.749. The molecule has 2 aliphatic rings. The first-order chi connectivity index (χ1) is 7.27. The van der Waals surface area contributed by atoms with Crippen LogP contribution in [0.2, 0.25) is 0 Å². The van der Waals surface area contributed by atoms with Gasteiger partial charge in [0.1, 0.15) is 11.4 Å². The van der Waals surface area contributed by atoms with Gasteiger partial charge in [0.15, 0.2) is 0 Å². The summed E-state index contributed by atoms with van der Waals surface area (Å²) in [6.07, 6.45) is 5.25. The number of carbonyl (C=O) groups is 1. The Balaban J connectivity index is 2.05. The molecule has 5 heteroatoms. The summed E-state index contributed by atoms with van der Waals surface area (Å²) in [5.41, 5.74) is 5.80. The maximum Gasteiger partial charge on any atom is 0.254 e. The van der Waals surface area contributed by atoms with Crippen molar-refractivity contribution in [1.82, 2.24) is 9.78 Å². The summed E-state index contributed by atoms with van der Waals surface area (Å²) < 4.78 is 1.95. The van der Waals surface area contributed by atoms with Gasteiger partial charge in [-0.1, -0.05) is 6.42 Å². The van der Waals surface area contributed by atoms with Gasteiger partial charge in [-0.15, -0.1) is 0 Å². The first-order valence-corrected chi connectivity index (χ1v) is 5.38. The number of nitrogens with one attached hydrogen (secondary N) is 1. The minimum Gasteiger partial charge on any atom is -0.369 e. The van der Waals surface area contributed by atoms with E-state index in [4.69, 9.17) is 5.73 Å². The third-order valence-electron chi connectivity index (χ3n) is 3.53. The molecule has 80 valence electrons. The lowest BCUT2D eigenvalue weighted by Gasteiger charge is -2.28. The number of amides is 1. The highest BCUT2D eigenvalue weighted by molar-refractivity contribution is 5.97. The number of aromatic nitrogens is 2. The van der Waals surface area contributed by atoms with Crippen molar-refractivity contribution < 1.29 is 4.79 Å². The Kier molecular flexibility index (Phi) is 1.74. The van der Waals surface area contributed by atoms with E-state index in [1.165, 1.54) is 19.3 Å². The molecule has 3 rings (SSSR count). The van der Waals surface area contributed by atoms with Gasteiger partial charge in [0.2, 0.25) is 0 Å². The molecule has 0 spiro atoms. The average Bonchev–Trinajstić information content (AvgIpc) is 2.82.